The van der Waals surface area contributed by atoms with Crippen LogP contribution >= 0.6 is 11.6 Å². The summed E-state index contributed by atoms with van der Waals surface area (Å²) in [5.74, 6) is 1.17. The third-order valence-electron chi connectivity index (χ3n) is 3.73. The number of para-hydroxylation sites is 2. The zero-order chi connectivity index (χ0) is 16.2. The van der Waals surface area contributed by atoms with Gasteiger partial charge in [0.15, 0.2) is 0 Å². The lowest BCUT2D eigenvalue weighted by atomic mass is 9.77. The molecule has 0 bridgehead atoms. The van der Waals surface area contributed by atoms with E-state index in [4.69, 9.17) is 16.3 Å². The minimum atomic E-state index is -0.434. The molecule has 2 aromatic carbocycles. The summed E-state index contributed by atoms with van der Waals surface area (Å²) in [6.45, 7) is 4.84. The third kappa shape index (κ3) is 3.93. The molecular formula is C18H21ClO3. The van der Waals surface area contributed by atoms with Gasteiger partial charge in [0.2, 0.25) is 0 Å². The van der Waals surface area contributed by atoms with Crippen molar-refractivity contribution in [3.05, 3.63) is 59.7 Å². The second kappa shape index (κ2) is 7.03. The van der Waals surface area contributed by atoms with E-state index < -0.39 is 5.41 Å². The SMILES string of the molecule is CC(C)(c1ccccc1O)c1ccccc1O.ClCC1CO1. The first kappa shape index (κ1) is 16.7. The summed E-state index contributed by atoms with van der Waals surface area (Å²) < 4.78 is 4.73. The van der Waals surface area contributed by atoms with E-state index in [9.17, 15) is 10.2 Å². The van der Waals surface area contributed by atoms with Crippen molar-refractivity contribution >= 4 is 11.6 Å². The Bertz CT molecular complexity index is 574. The van der Waals surface area contributed by atoms with Crippen LogP contribution in [-0.2, 0) is 10.2 Å². The number of epoxide rings is 1. The zero-order valence-electron chi connectivity index (χ0n) is 12.8. The Hall–Kier alpha value is -1.71. The third-order valence-corrected chi connectivity index (χ3v) is 4.07. The minimum absolute atomic E-state index is 0.251. The Balaban J connectivity index is 0.000000299. The number of halogens is 1. The first-order valence-corrected chi connectivity index (χ1v) is 7.74. The van der Waals surface area contributed by atoms with Gasteiger partial charge in [-0.15, -0.1) is 11.6 Å². The van der Waals surface area contributed by atoms with E-state index in [1.165, 1.54) is 0 Å². The average molecular weight is 321 g/mol. The lowest BCUT2D eigenvalue weighted by Gasteiger charge is -2.27. The summed E-state index contributed by atoms with van der Waals surface area (Å²) in [5.41, 5.74) is 1.18. The quantitative estimate of drug-likeness (QED) is 0.662. The van der Waals surface area contributed by atoms with Gasteiger partial charge in [0.05, 0.1) is 18.6 Å². The number of phenols is 2. The summed E-state index contributed by atoms with van der Waals surface area (Å²) >= 11 is 5.27. The molecule has 0 aliphatic carbocycles. The number of aromatic hydroxyl groups is 2. The molecule has 1 fully saturated rings. The van der Waals surface area contributed by atoms with Crippen molar-refractivity contribution in [2.75, 3.05) is 12.5 Å². The number of rotatable bonds is 3. The molecule has 0 spiro atoms. The second-order valence-electron chi connectivity index (χ2n) is 5.77. The van der Waals surface area contributed by atoms with Crippen LogP contribution in [-0.4, -0.2) is 28.8 Å². The Morgan fingerprint density at radius 3 is 1.68 bits per heavy atom. The molecule has 3 nitrogen and oxygen atoms in total. The van der Waals surface area contributed by atoms with Crippen molar-refractivity contribution < 1.29 is 14.9 Å². The van der Waals surface area contributed by atoms with Crippen molar-refractivity contribution in [1.82, 2.24) is 0 Å². The molecule has 1 unspecified atom stereocenters. The molecule has 22 heavy (non-hydrogen) atoms. The molecular weight excluding hydrogens is 300 g/mol. The molecule has 1 heterocycles. The van der Waals surface area contributed by atoms with Gasteiger partial charge in [-0.1, -0.05) is 50.2 Å². The predicted molar refractivity (Wildman–Crippen MR) is 88.8 cm³/mol. The van der Waals surface area contributed by atoms with E-state index in [1.54, 1.807) is 24.3 Å². The molecule has 0 aromatic heterocycles. The smallest absolute Gasteiger partial charge is 0.119 e. The highest BCUT2D eigenvalue weighted by molar-refractivity contribution is 6.18. The number of alkyl halides is 1. The minimum Gasteiger partial charge on any atom is -0.508 e. The van der Waals surface area contributed by atoms with Gasteiger partial charge in [0, 0.05) is 16.5 Å². The molecule has 3 rings (SSSR count). The summed E-state index contributed by atoms with van der Waals surface area (Å²) in [6.07, 6.45) is 0.400. The topological polar surface area (TPSA) is 53.0 Å². The molecule has 118 valence electrons. The van der Waals surface area contributed by atoms with Gasteiger partial charge in [0.1, 0.15) is 11.5 Å². The van der Waals surface area contributed by atoms with Crippen LogP contribution in [0.3, 0.4) is 0 Å². The normalized spacial score (nSPS) is 16.6. The fourth-order valence-corrected chi connectivity index (χ4v) is 2.48. The van der Waals surface area contributed by atoms with Crippen molar-refractivity contribution in [1.29, 1.82) is 0 Å². The van der Waals surface area contributed by atoms with Crippen LogP contribution in [0.2, 0.25) is 0 Å². The molecule has 0 radical (unpaired) electrons. The van der Waals surface area contributed by atoms with Crippen LogP contribution in [0.5, 0.6) is 11.5 Å². The second-order valence-corrected chi connectivity index (χ2v) is 6.08. The monoisotopic (exact) mass is 320 g/mol. The Labute approximate surface area is 136 Å². The maximum Gasteiger partial charge on any atom is 0.119 e. The standard InChI is InChI=1S/C15H16O2.C3H5ClO/c1-15(2,11-7-3-5-9-13(11)16)12-8-4-6-10-14(12)17;4-1-3-2-5-3/h3-10,16-17H,1-2H3;3H,1-2H2. The largest absolute Gasteiger partial charge is 0.508 e. The van der Waals surface area contributed by atoms with Crippen molar-refractivity contribution in [2.45, 2.75) is 25.4 Å². The van der Waals surface area contributed by atoms with Crippen LogP contribution in [0.15, 0.2) is 48.5 Å². The van der Waals surface area contributed by atoms with Crippen molar-refractivity contribution in [2.24, 2.45) is 0 Å². The van der Waals surface area contributed by atoms with E-state index in [0.717, 1.165) is 17.7 Å². The van der Waals surface area contributed by atoms with Gasteiger partial charge in [-0.2, -0.15) is 0 Å². The van der Waals surface area contributed by atoms with Gasteiger partial charge in [0.25, 0.3) is 0 Å². The molecule has 2 aromatic rings. The van der Waals surface area contributed by atoms with E-state index in [2.05, 4.69) is 0 Å². The van der Waals surface area contributed by atoms with Crippen LogP contribution in [0, 0.1) is 0 Å². The highest BCUT2D eigenvalue weighted by Gasteiger charge is 2.28. The summed E-state index contributed by atoms with van der Waals surface area (Å²) in [5, 5.41) is 19.8. The van der Waals surface area contributed by atoms with Crippen molar-refractivity contribution in [3.8, 4) is 11.5 Å². The molecule has 2 N–H and O–H groups in total. The van der Waals surface area contributed by atoms with Gasteiger partial charge >= 0.3 is 0 Å². The lowest BCUT2D eigenvalue weighted by molar-refractivity contribution is 0.425. The van der Waals surface area contributed by atoms with Crippen LogP contribution in [0.4, 0.5) is 0 Å². The van der Waals surface area contributed by atoms with Gasteiger partial charge < -0.3 is 14.9 Å². The summed E-state index contributed by atoms with van der Waals surface area (Å²) in [4.78, 5) is 0. The van der Waals surface area contributed by atoms with Crippen molar-refractivity contribution in [3.63, 3.8) is 0 Å². The number of ether oxygens (including phenoxy) is 1. The molecule has 1 aliphatic rings. The highest BCUT2D eigenvalue weighted by atomic mass is 35.5. The fourth-order valence-electron chi connectivity index (χ4n) is 2.31. The zero-order valence-corrected chi connectivity index (χ0v) is 13.5. The Morgan fingerprint density at radius 1 is 1.00 bits per heavy atom. The van der Waals surface area contributed by atoms with E-state index in [-0.39, 0.29) is 11.5 Å². The number of hydrogen-bond donors (Lipinski definition) is 2. The molecule has 1 saturated heterocycles. The molecule has 4 heteroatoms. The molecule has 0 amide bonds. The fraction of sp³-hybridized carbons (Fsp3) is 0.333. The summed E-state index contributed by atoms with van der Waals surface area (Å²) in [7, 11) is 0. The van der Waals surface area contributed by atoms with E-state index in [0.29, 0.717) is 12.0 Å². The first-order valence-electron chi connectivity index (χ1n) is 7.21. The maximum atomic E-state index is 9.92. The van der Waals surface area contributed by atoms with E-state index >= 15 is 0 Å². The van der Waals surface area contributed by atoms with Crippen LogP contribution in [0.1, 0.15) is 25.0 Å². The number of benzene rings is 2. The Kier molecular flexibility index (Phi) is 5.33. The predicted octanol–water partition coefficient (Wildman–Crippen LogP) is 4.05. The first-order chi connectivity index (χ1) is 10.5. The maximum absolute atomic E-state index is 9.92. The van der Waals surface area contributed by atoms with Crippen LogP contribution < -0.4 is 0 Å². The lowest BCUT2D eigenvalue weighted by Crippen LogP contribution is -2.19. The van der Waals surface area contributed by atoms with Gasteiger partial charge in [-0.3, -0.25) is 0 Å². The van der Waals surface area contributed by atoms with Gasteiger partial charge in [-0.25, -0.2) is 0 Å². The molecule has 1 atom stereocenters. The average Bonchev–Trinajstić information content (AvgIpc) is 3.32. The molecule has 1 aliphatic heterocycles. The van der Waals surface area contributed by atoms with Crippen LogP contribution in [0.25, 0.3) is 0 Å². The highest BCUT2D eigenvalue weighted by Crippen LogP contribution is 2.39. The summed E-state index contributed by atoms with van der Waals surface area (Å²) in [6, 6.07) is 14.4. The van der Waals surface area contributed by atoms with Gasteiger partial charge in [-0.05, 0) is 12.1 Å². The molecule has 0 saturated carbocycles. The number of phenolic OH excluding ortho intramolecular Hbond substituents is 2. The Morgan fingerprint density at radius 2 is 1.41 bits per heavy atom. The van der Waals surface area contributed by atoms with E-state index in [1.807, 2.05) is 38.1 Å². The number of hydrogen-bond acceptors (Lipinski definition) is 3.